The molecule has 116 valence electrons. The van der Waals surface area contributed by atoms with Crippen molar-refractivity contribution in [2.45, 2.75) is 32.7 Å². The molecule has 0 radical (unpaired) electrons. The SMILES string of the molecule is CCN1CCN(c2ccc([C@H]3CC[C@H](C)CN3)cc2)CC1. The van der Waals surface area contributed by atoms with Crippen molar-refractivity contribution in [2.24, 2.45) is 5.92 Å². The molecule has 2 atom stereocenters. The molecule has 3 nitrogen and oxygen atoms in total. The van der Waals surface area contributed by atoms with Crippen LogP contribution in [0.1, 0.15) is 38.3 Å². The van der Waals surface area contributed by atoms with Gasteiger partial charge in [0.05, 0.1) is 0 Å². The van der Waals surface area contributed by atoms with Gasteiger partial charge in [0.1, 0.15) is 0 Å². The van der Waals surface area contributed by atoms with Gasteiger partial charge in [-0.1, -0.05) is 26.0 Å². The minimum absolute atomic E-state index is 0.562. The zero-order valence-corrected chi connectivity index (χ0v) is 13.5. The van der Waals surface area contributed by atoms with Gasteiger partial charge >= 0.3 is 0 Å². The minimum atomic E-state index is 0.562. The van der Waals surface area contributed by atoms with E-state index in [2.05, 4.69) is 53.2 Å². The van der Waals surface area contributed by atoms with E-state index < -0.39 is 0 Å². The van der Waals surface area contributed by atoms with Gasteiger partial charge < -0.3 is 15.1 Å². The maximum atomic E-state index is 3.68. The van der Waals surface area contributed by atoms with E-state index in [0.717, 1.165) is 25.6 Å². The van der Waals surface area contributed by atoms with E-state index >= 15 is 0 Å². The van der Waals surface area contributed by atoms with Crippen molar-refractivity contribution in [2.75, 3.05) is 44.2 Å². The fraction of sp³-hybridized carbons (Fsp3) is 0.667. The van der Waals surface area contributed by atoms with Gasteiger partial charge in [-0.25, -0.2) is 0 Å². The Labute approximate surface area is 129 Å². The molecule has 2 fully saturated rings. The molecule has 2 heterocycles. The first-order chi connectivity index (χ1) is 10.3. The normalized spacial score (nSPS) is 27.8. The molecule has 0 spiro atoms. The van der Waals surface area contributed by atoms with Crippen molar-refractivity contribution in [1.82, 2.24) is 10.2 Å². The van der Waals surface area contributed by atoms with Gasteiger partial charge in [0.25, 0.3) is 0 Å². The molecule has 2 aliphatic rings. The average Bonchev–Trinajstić information content (AvgIpc) is 2.56. The number of likely N-dealkylation sites (N-methyl/N-ethyl adjacent to an activating group) is 1. The monoisotopic (exact) mass is 287 g/mol. The predicted octanol–water partition coefficient (Wildman–Crippen LogP) is 2.89. The highest BCUT2D eigenvalue weighted by Crippen LogP contribution is 2.27. The Morgan fingerprint density at radius 1 is 1.05 bits per heavy atom. The van der Waals surface area contributed by atoms with Crippen molar-refractivity contribution in [1.29, 1.82) is 0 Å². The lowest BCUT2D eigenvalue weighted by Gasteiger charge is -2.35. The number of anilines is 1. The summed E-state index contributed by atoms with van der Waals surface area (Å²) < 4.78 is 0. The molecule has 2 saturated heterocycles. The third-order valence-electron chi connectivity index (χ3n) is 5.14. The third-order valence-corrected chi connectivity index (χ3v) is 5.14. The maximum Gasteiger partial charge on any atom is 0.0367 e. The van der Waals surface area contributed by atoms with Crippen LogP contribution in [0.2, 0.25) is 0 Å². The second kappa shape index (κ2) is 6.80. The largest absolute Gasteiger partial charge is 0.369 e. The standard InChI is InChI=1S/C18H29N3/c1-3-20-10-12-21(13-11-20)17-7-5-16(6-8-17)18-9-4-15(2)14-19-18/h5-8,15,18-19H,3-4,9-14H2,1-2H3/t15-,18+/m0/s1. The van der Waals surface area contributed by atoms with E-state index in [9.17, 15) is 0 Å². The minimum Gasteiger partial charge on any atom is -0.369 e. The number of piperidine rings is 1. The van der Waals surface area contributed by atoms with Crippen LogP contribution in [-0.2, 0) is 0 Å². The van der Waals surface area contributed by atoms with Gasteiger partial charge in [-0.05, 0) is 49.5 Å². The predicted molar refractivity (Wildman–Crippen MR) is 89.9 cm³/mol. The van der Waals surface area contributed by atoms with Crippen LogP contribution < -0.4 is 10.2 Å². The summed E-state index contributed by atoms with van der Waals surface area (Å²) in [6.07, 6.45) is 2.62. The second-order valence-corrected chi connectivity index (χ2v) is 6.66. The number of piperazine rings is 1. The number of nitrogens with one attached hydrogen (secondary N) is 1. The summed E-state index contributed by atoms with van der Waals surface area (Å²) in [7, 11) is 0. The zero-order chi connectivity index (χ0) is 14.7. The van der Waals surface area contributed by atoms with E-state index in [0.29, 0.717) is 6.04 Å². The molecular formula is C18H29N3. The van der Waals surface area contributed by atoms with Gasteiger partial charge in [0.2, 0.25) is 0 Å². The molecule has 0 bridgehead atoms. The lowest BCUT2D eigenvalue weighted by atomic mass is 9.92. The number of benzene rings is 1. The van der Waals surface area contributed by atoms with E-state index in [1.807, 2.05) is 0 Å². The van der Waals surface area contributed by atoms with Crippen molar-refractivity contribution in [3.05, 3.63) is 29.8 Å². The summed E-state index contributed by atoms with van der Waals surface area (Å²) >= 11 is 0. The summed E-state index contributed by atoms with van der Waals surface area (Å²) in [4.78, 5) is 5.05. The number of hydrogen-bond donors (Lipinski definition) is 1. The lowest BCUT2D eigenvalue weighted by molar-refractivity contribution is 0.271. The fourth-order valence-corrected chi connectivity index (χ4v) is 3.52. The topological polar surface area (TPSA) is 18.5 Å². The first kappa shape index (κ1) is 14.9. The highest BCUT2D eigenvalue weighted by atomic mass is 15.3. The molecule has 21 heavy (non-hydrogen) atoms. The van der Waals surface area contributed by atoms with E-state index in [4.69, 9.17) is 0 Å². The van der Waals surface area contributed by atoms with Gasteiger partial charge in [0, 0.05) is 37.9 Å². The molecule has 0 unspecified atom stereocenters. The molecule has 1 aromatic carbocycles. The molecule has 1 N–H and O–H groups in total. The maximum absolute atomic E-state index is 3.68. The molecule has 2 aliphatic heterocycles. The van der Waals surface area contributed by atoms with Gasteiger partial charge in [0.15, 0.2) is 0 Å². The smallest absolute Gasteiger partial charge is 0.0367 e. The van der Waals surface area contributed by atoms with Crippen LogP contribution in [0.25, 0.3) is 0 Å². The van der Waals surface area contributed by atoms with E-state index in [1.165, 1.54) is 43.7 Å². The number of nitrogens with zero attached hydrogens (tertiary/aromatic N) is 2. The van der Waals surface area contributed by atoms with Crippen LogP contribution in [0.3, 0.4) is 0 Å². The third kappa shape index (κ3) is 3.58. The highest BCUT2D eigenvalue weighted by Gasteiger charge is 2.20. The van der Waals surface area contributed by atoms with Crippen molar-refractivity contribution in [3.63, 3.8) is 0 Å². The zero-order valence-electron chi connectivity index (χ0n) is 13.5. The summed E-state index contributed by atoms with van der Waals surface area (Å²) in [5.74, 6) is 0.829. The van der Waals surface area contributed by atoms with Gasteiger partial charge in [-0.3, -0.25) is 0 Å². The Balaban J connectivity index is 1.59. The van der Waals surface area contributed by atoms with Crippen molar-refractivity contribution >= 4 is 5.69 Å². The van der Waals surface area contributed by atoms with Crippen LogP contribution in [0.4, 0.5) is 5.69 Å². The van der Waals surface area contributed by atoms with Gasteiger partial charge in [-0.2, -0.15) is 0 Å². The van der Waals surface area contributed by atoms with Crippen LogP contribution in [0.15, 0.2) is 24.3 Å². The molecule has 1 aromatic rings. The molecule has 3 rings (SSSR count). The van der Waals surface area contributed by atoms with Crippen LogP contribution in [-0.4, -0.2) is 44.2 Å². The molecule has 0 aliphatic carbocycles. The average molecular weight is 287 g/mol. The summed E-state index contributed by atoms with van der Waals surface area (Å²) in [5, 5.41) is 3.68. The quantitative estimate of drug-likeness (QED) is 0.922. The first-order valence-corrected chi connectivity index (χ1v) is 8.57. The lowest BCUT2D eigenvalue weighted by Crippen LogP contribution is -2.46. The Kier molecular flexibility index (Phi) is 4.81. The summed E-state index contributed by atoms with van der Waals surface area (Å²) in [6, 6.07) is 9.85. The van der Waals surface area contributed by atoms with Gasteiger partial charge in [-0.15, -0.1) is 0 Å². The summed E-state index contributed by atoms with van der Waals surface area (Å²) in [6.45, 7) is 11.6. The molecule has 0 saturated carbocycles. The molecule has 0 aromatic heterocycles. The Morgan fingerprint density at radius 2 is 1.76 bits per heavy atom. The van der Waals surface area contributed by atoms with Crippen LogP contribution >= 0.6 is 0 Å². The van der Waals surface area contributed by atoms with Crippen LogP contribution in [0, 0.1) is 5.92 Å². The van der Waals surface area contributed by atoms with Crippen LogP contribution in [0.5, 0.6) is 0 Å². The Hall–Kier alpha value is -1.06. The van der Waals surface area contributed by atoms with E-state index in [-0.39, 0.29) is 0 Å². The first-order valence-electron chi connectivity index (χ1n) is 8.57. The highest BCUT2D eigenvalue weighted by molar-refractivity contribution is 5.48. The molecular weight excluding hydrogens is 258 g/mol. The number of hydrogen-bond acceptors (Lipinski definition) is 3. The Bertz CT molecular complexity index is 426. The second-order valence-electron chi connectivity index (χ2n) is 6.66. The fourth-order valence-electron chi connectivity index (χ4n) is 3.52. The summed E-state index contributed by atoms with van der Waals surface area (Å²) in [5.41, 5.74) is 2.84. The van der Waals surface area contributed by atoms with E-state index in [1.54, 1.807) is 0 Å². The molecule has 3 heteroatoms. The molecule has 0 amide bonds. The Morgan fingerprint density at radius 3 is 2.33 bits per heavy atom. The van der Waals surface area contributed by atoms with Crippen molar-refractivity contribution < 1.29 is 0 Å². The number of rotatable bonds is 3. The van der Waals surface area contributed by atoms with Crippen molar-refractivity contribution in [3.8, 4) is 0 Å².